The lowest BCUT2D eigenvalue weighted by molar-refractivity contribution is -0.131. The second-order valence-corrected chi connectivity index (χ2v) is 6.70. The highest BCUT2D eigenvalue weighted by atomic mass is 35.5. The summed E-state index contributed by atoms with van der Waals surface area (Å²) >= 11 is 6.17. The number of fused-ring (bicyclic) bond motifs is 2. The predicted octanol–water partition coefficient (Wildman–Crippen LogP) is 3.56. The molecule has 4 rings (SSSR count). The van der Waals surface area contributed by atoms with Crippen molar-refractivity contribution >= 4 is 51.6 Å². The van der Waals surface area contributed by atoms with E-state index in [1.165, 1.54) is 11.9 Å². The molecule has 0 radical (unpaired) electrons. The van der Waals surface area contributed by atoms with Crippen molar-refractivity contribution in [2.45, 2.75) is 6.42 Å². The lowest BCUT2D eigenvalue weighted by atomic mass is 10.1. The maximum absolute atomic E-state index is 11.9. The Labute approximate surface area is 165 Å². The molecule has 1 aromatic heterocycles. The first-order chi connectivity index (χ1) is 13.5. The minimum Gasteiger partial charge on any atom is -0.478 e. The number of aliphatic carboxylic acids is 1. The van der Waals surface area contributed by atoms with Crippen molar-refractivity contribution in [2.75, 3.05) is 16.8 Å². The van der Waals surface area contributed by atoms with Gasteiger partial charge >= 0.3 is 5.97 Å². The van der Waals surface area contributed by atoms with Crippen molar-refractivity contribution in [1.82, 2.24) is 9.97 Å². The van der Waals surface area contributed by atoms with Crippen LogP contribution >= 0.6 is 11.6 Å². The van der Waals surface area contributed by atoms with Gasteiger partial charge in [0.1, 0.15) is 12.1 Å². The summed E-state index contributed by atoms with van der Waals surface area (Å²) in [6.45, 7) is 0.764. The molecule has 0 fully saturated rings. The van der Waals surface area contributed by atoms with Gasteiger partial charge in [-0.3, -0.25) is 4.79 Å². The van der Waals surface area contributed by atoms with Gasteiger partial charge < -0.3 is 15.3 Å². The molecule has 0 atom stereocenters. The predicted molar refractivity (Wildman–Crippen MR) is 107 cm³/mol. The molecule has 28 heavy (non-hydrogen) atoms. The second kappa shape index (κ2) is 7.28. The van der Waals surface area contributed by atoms with Gasteiger partial charge in [-0.25, -0.2) is 14.8 Å². The van der Waals surface area contributed by atoms with E-state index in [1.54, 1.807) is 18.2 Å². The van der Waals surface area contributed by atoms with Crippen LogP contribution in [0.1, 0.15) is 5.56 Å². The number of carboxylic acids is 1. The average Bonchev–Trinajstić information content (AvgIpc) is 3.08. The summed E-state index contributed by atoms with van der Waals surface area (Å²) in [4.78, 5) is 33.3. The number of aromatic nitrogens is 2. The SMILES string of the molecule is O=C(O)/C=C/C(=O)Nc1ccc2ncnc(N3CCc4ccc(Cl)cc43)c2c1. The van der Waals surface area contributed by atoms with Crippen molar-refractivity contribution in [1.29, 1.82) is 0 Å². The Morgan fingerprint density at radius 3 is 2.82 bits per heavy atom. The number of carbonyl (C=O) groups excluding carboxylic acids is 1. The number of carboxylic acid groups (broad SMARTS) is 1. The highest BCUT2D eigenvalue weighted by molar-refractivity contribution is 6.31. The van der Waals surface area contributed by atoms with E-state index in [1.807, 2.05) is 18.2 Å². The number of benzene rings is 2. The van der Waals surface area contributed by atoms with Crippen LogP contribution in [0.4, 0.5) is 17.2 Å². The molecule has 1 amide bonds. The van der Waals surface area contributed by atoms with Crippen molar-refractivity contribution in [3.63, 3.8) is 0 Å². The molecule has 2 heterocycles. The zero-order chi connectivity index (χ0) is 19.7. The Hall–Kier alpha value is -3.45. The first-order valence-electron chi connectivity index (χ1n) is 8.54. The van der Waals surface area contributed by atoms with Crippen molar-refractivity contribution < 1.29 is 14.7 Å². The van der Waals surface area contributed by atoms with Crippen LogP contribution in [0.15, 0.2) is 54.9 Å². The fourth-order valence-electron chi connectivity index (χ4n) is 3.24. The number of carbonyl (C=O) groups is 2. The van der Waals surface area contributed by atoms with Crippen LogP contribution in [0.25, 0.3) is 10.9 Å². The second-order valence-electron chi connectivity index (χ2n) is 6.26. The third kappa shape index (κ3) is 3.52. The maximum atomic E-state index is 11.9. The summed E-state index contributed by atoms with van der Waals surface area (Å²) < 4.78 is 0. The van der Waals surface area contributed by atoms with E-state index < -0.39 is 11.9 Å². The Bertz CT molecular complexity index is 1130. The van der Waals surface area contributed by atoms with E-state index in [2.05, 4.69) is 20.2 Å². The monoisotopic (exact) mass is 394 g/mol. The summed E-state index contributed by atoms with van der Waals surface area (Å²) in [7, 11) is 0. The Kier molecular flexibility index (Phi) is 4.67. The number of nitrogens with zero attached hydrogens (tertiary/aromatic N) is 3. The van der Waals surface area contributed by atoms with Gasteiger partial charge in [-0.15, -0.1) is 0 Å². The molecule has 3 aromatic rings. The van der Waals surface area contributed by atoms with Gasteiger partial charge in [0, 0.05) is 40.5 Å². The third-order valence-corrected chi connectivity index (χ3v) is 4.69. The summed E-state index contributed by atoms with van der Waals surface area (Å²) in [6, 6.07) is 11.1. The van der Waals surface area contributed by atoms with Crippen LogP contribution in [-0.4, -0.2) is 33.5 Å². The van der Waals surface area contributed by atoms with Crippen molar-refractivity contribution in [3.05, 3.63) is 65.5 Å². The maximum Gasteiger partial charge on any atom is 0.328 e. The number of nitrogens with one attached hydrogen (secondary N) is 1. The van der Waals surface area contributed by atoms with Crippen molar-refractivity contribution in [3.8, 4) is 0 Å². The van der Waals surface area contributed by atoms with Gasteiger partial charge in [-0.1, -0.05) is 17.7 Å². The summed E-state index contributed by atoms with van der Waals surface area (Å²) in [6.07, 6.45) is 4.14. The molecule has 1 aliphatic heterocycles. The molecule has 0 aliphatic carbocycles. The zero-order valence-electron chi connectivity index (χ0n) is 14.6. The number of hydrogen-bond acceptors (Lipinski definition) is 5. The lowest BCUT2D eigenvalue weighted by Crippen LogP contribution is -2.15. The minimum absolute atomic E-state index is 0.522. The van der Waals surface area contributed by atoms with Crippen LogP contribution in [0, 0.1) is 0 Å². The average molecular weight is 395 g/mol. The normalized spacial score (nSPS) is 13.1. The van der Waals surface area contributed by atoms with Gasteiger partial charge in [0.05, 0.1) is 5.52 Å². The number of halogens is 1. The summed E-state index contributed by atoms with van der Waals surface area (Å²) in [5.41, 5.74) is 3.46. The highest BCUT2D eigenvalue weighted by Gasteiger charge is 2.23. The van der Waals surface area contributed by atoms with Gasteiger partial charge in [0.25, 0.3) is 0 Å². The minimum atomic E-state index is -1.18. The summed E-state index contributed by atoms with van der Waals surface area (Å²) in [5, 5.41) is 12.7. The standard InChI is InChI=1S/C20H15ClN4O3/c21-13-2-1-12-7-8-25(17(12)9-13)20-15-10-14(3-4-16(15)22-11-23-20)24-18(26)5-6-19(27)28/h1-6,9-11H,7-8H2,(H,24,26)(H,27,28)/b6-5+. The first kappa shape index (κ1) is 17.9. The van der Waals surface area contributed by atoms with Crippen molar-refractivity contribution in [2.24, 2.45) is 0 Å². The Morgan fingerprint density at radius 1 is 1.14 bits per heavy atom. The zero-order valence-corrected chi connectivity index (χ0v) is 15.3. The number of rotatable bonds is 4. The molecule has 0 bridgehead atoms. The topological polar surface area (TPSA) is 95.4 Å². The van der Waals surface area contributed by atoms with Gasteiger partial charge in [-0.05, 0) is 42.3 Å². The Balaban J connectivity index is 1.72. The number of anilines is 3. The van der Waals surface area contributed by atoms with Crippen LogP contribution in [-0.2, 0) is 16.0 Å². The number of hydrogen-bond donors (Lipinski definition) is 2. The first-order valence-corrected chi connectivity index (χ1v) is 8.92. The molecule has 1 aliphatic rings. The molecular formula is C20H15ClN4O3. The molecule has 0 saturated heterocycles. The van der Waals surface area contributed by atoms with Crippen LogP contribution < -0.4 is 10.2 Å². The summed E-state index contributed by atoms with van der Waals surface area (Å²) in [5.74, 6) is -0.989. The van der Waals surface area contributed by atoms with E-state index in [0.29, 0.717) is 10.7 Å². The van der Waals surface area contributed by atoms with Gasteiger partial charge in [-0.2, -0.15) is 0 Å². The van der Waals surface area contributed by atoms with E-state index >= 15 is 0 Å². The molecule has 2 aromatic carbocycles. The van der Waals surface area contributed by atoms with E-state index in [9.17, 15) is 9.59 Å². The molecule has 7 nitrogen and oxygen atoms in total. The quantitative estimate of drug-likeness (QED) is 0.657. The highest BCUT2D eigenvalue weighted by Crippen LogP contribution is 2.38. The fourth-order valence-corrected chi connectivity index (χ4v) is 3.41. The molecule has 0 unspecified atom stereocenters. The van der Waals surface area contributed by atoms with E-state index in [0.717, 1.165) is 47.5 Å². The van der Waals surface area contributed by atoms with Crippen LogP contribution in [0.5, 0.6) is 0 Å². The molecular weight excluding hydrogens is 380 g/mol. The smallest absolute Gasteiger partial charge is 0.328 e. The van der Waals surface area contributed by atoms with Crippen LogP contribution in [0.3, 0.4) is 0 Å². The number of amides is 1. The molecule has 0 saturated carbocycles. The lowest BCUT2D eigenvalue weighted by Gasteiger charge is -2.20. The van der Waals surface area contributed by atoms with E-state index in [4.69, 9.17) is 16.7 Å². The molecule has 0 spiro atoms. The third-order valence-electron chi connectivity index (χ3n) is 4.46. The molecule has 2 N–H and O–H groups in total. The van der Waals surface area contributed by atoms with Crippen LogP contribution in [0.2, 0.25) is 5.02 Å². The van der Waals surface area contributed by atoms with Gasteiger partial charge in [0.15, 0.2) is 0 Å². The van der Waals surface area contributed by atoms with E-state index in [-0.39, 0.29) is 0 Å². The molecule has 8 heteroatoms. The van der Waals surface area contributed by atoms with Gasteiger partial charge in [0.2, 0.25) is 5.91 Å². The Morgan fingerprint density at radius 2 is 2.00 bits per heavy atom. The largest absolute Gasteiger partial charge is 0.478 e. The fraction of sp³-hybridized carbons (Fsp3) is 0.100. The molecule has 140 valence electrons.